The Labute approximate surface area is 199 Å². The first-order valence-corrected chi connectivity index (χ1v) is 11.0. The van der Waals surface area contributed by atoms with Crippen LogP contribution in [-0.2, 0) is 11.2 Å². The summed E-state index contributed by atoms with van der Waals surface area (Å²) in [5, 5.41) is 19.4. The van der Waals surface area contributed by atoms with Crippen LogP contribution in [0, 0.1) is 10.1 Å². The monoisotopic (exact) mass is 474 g/mol. The van der Waals surface area contributed by atoms with Gasteiger partial charge >= 0.3 is 0 Å². The maximum atomic E-state index is 12.8. The number of ether oxygens (including phenoxy) is 1. The number of aromatic nitrogens is 5. The minimum Gasteiger partial charge on any atom is -0.497 e. The van der Waals surface area contributed by atoms with Gasteiger partial charge in [-0.05, 0) is 29.8 Å². The number of anilines is 1. The molecule has 35 heavy (non-hydrogen) atoms. The molecule has 12 nitrogen and oxygen atoms in total. The van der Waals surface area contributed by atoms with Crippen LogP contribution in [0.25, 0.3) is 16.9 Å². The Bertz CT molecular complexity index is 1360. The number of nitrogens with zero attached hydrogens (tertiary/aromatic N) is 8. The van der Waals surface area contributed by atoms with Crippen molar-refractivity contribution < 1.29 is 14.5 Å². The van der Waals surface area contributed by atoms with E-state index in [0.29, 0.717) is 43.2 Å². The lowest BCUT2D eigenvalue weighted by Gasteiger charge is -2.35. The van der Waals surface area contributed by atoms with E-state index < -0.39 is 4.92 Å². The summed E-state index contributed by atoms with van der Waals surface area (Å²) in [4.78, 5) is 35.8. The van der Waals surface area contributed by atoms with Crippen molar-refractivity contribution >= 4 is 28.6 Å². The van der Waals surface area contributed by atoms with E-state index in [-0.39, 0.29) is 18.0 Å². The highest BCUT2D eigenvalue weighted by molar-refractivity contribution is 5.84. The van der Waals surface area contributed by atoms with Gasteiger partial charge in [-0.1, -0.05) is 17.3 Å². The van der Waals surface area contributed by atoms with Crippen LogP contribution in [0.5, 0.6) is 5.75 Å². The number of rotatable bonds is 6. The van der Waals surface area contributed by atoms with Crippen LogP contribution in [0.15, 0.2) is 54.9 Å². The number of fused-ring (bicyclic) bond motifs is 1. The zero-order valence-electron chi connectivity index (χ0n) is 18.9. The van der Waals surface area contributed by atoms with E-state index in [9.17, 15) is 14.9 Å². The molecule has 178 valence electrons. The fourth-order valence-electron chi connectivity index (χ4n) is 4.06. The molecule has 0 aliphatic carbocycles. The van der Waals surface area contributed by atoms with E-state index in [1.165, 1.54) is 18.5 Å². The molecular weight excluding hydrogens is 452 g/mol. The molecule has 0 N–H and O–H groups in total. The highest BCUT2D eigenvalue weighted by Crippen LogP contribution is 2.24. The smallest absolute Gasteiger partial charge is 0.269 e. The Morgan fingerprint density at radius 1 is 1.03 bits per heavy atom. The standard InChI is InChI=1S/C23H22N8O4/c1-35-19-8-6-17(7-9-19)30-23-21(26-27-30)22(24-15-25-23)29-12-10-28(11-13-29)20(32)14-16-2-4-18(5-3-16)31(33)34/h2-9,15H,10-14H2,1H3. The van der Waals surface area contributed by atoms with E-state index in [1.54, 1.807) is 28.8 Å². The second kappa shape index (κ2) is 9.33. The Morgan fingerprint density at radius 2 is 1.74 bits per heavy atom. The first-order valence-electron chi connectivity index (χ1n) is 11.0. The van der Waals surface area contributed by atoms with Gasteiger partial charge in [0.25, 0.3) is 5.69 Å². The first-order chi connectivity index (χ1) is 17.0. The molecule has 4 aromatic rings. The normalized spacial score (nSPS) is 13.7. The third kappa shape index (κ3) is 4.45. The molecule has 5 rings (SSSR count). The topological polar surface area (TPSA) is 132 Å². The number of benzene rings is 2. The molecule has 1 aliphatic heterocycles. The zero-order valence-corrected chi connectivity index (χ0v) is 18.9. The molecule has 0 radical (unpaired) electrons. The van der Waals surface area contributed by atoms with Crippen LogP contribution >= 0.6 is 0 Å². The average molecular weight is 474 g/mol. The summed E-state index contributed by atoms with van der Waals surface area (Å²) in [5.74, 6) is 1.41. The van der Waals surface area contributed by atoms with Gasteiger partial charge in [0.15, 0.2) is 17.0 Å². The van der Waals surface area contributed by atoms with Crippen LogP contribution in [0.2, 0.25) is 0 Å². The summed E-state index contributed by atoms with van der Waals surface area (Å²) in [6.07, 6.45) is 1.69. The van der Waals surface area contributed by atoms with Crippen LogP contribution in [0.1, 0.15) is 5.56 Å². The summed E-state index contributed by atoms with van der Waals surface area (Å²) in [6.45, 7) is 2.24. The van der Waals surface area contributed by atoms with Gasteiger partial charge < -0.3 is 14.5 Å². The van der Waals surface area contributed by atoms with Crippen molar-refractivity contribution in [1.82, 2.24) is 29.9 Å². The van der Waals surface area contributed by atoms with E-state index in [4.69, 9.17) is 4.74 Å². The Morgan fingerprint density at radius 3 is 2.40 bits per heavy atom. The van der Waals surface area contributed by atoms with Crippen LogP contribution in [-0.4, -0.2) is 74.0 Å². The number of non-ortho nitro benzene ring substituents is 1. The van der Waals surface area contributed by atoms with E-state index in [0.717, 1.165) is 17.0 Å². The molecule has 1 aliphatic rings. The predicted octanol–water partition coefficient (Wildman–Crippen LogP) is 2.02. The van der Waals surface area contributed by atoms with Crippen LogP contribution in [0.4, 0.5) is 11.5 Å². The van der Waals surface area contributed by atoms with Gasteiger partial charge in [0.05, 0.1) is 24.1 Å². The highest BCUT2D eigenvalue weighted by atomic mass is 16.6. The summed E-state index contributed by atoms with van der Waals surface area (Å²) in [5.41, 5.74) is 2.75. The molecule has 0 spiro atoms. The van der Waals surface area contributed by atoms with Crippen LogP contribution < -0.4 is 9.64 Å². The molecular formula is C23H22N8O4. The Hall–Kier alpha value is -4.61. The van der Waals surface area contributed by atoms with Crippen molar-refractivity contribution in [3.8, 4) is 11.4 Å². The second-order valence-corrected chi connectivity index (χ2v) is 8.04. The molecule has 3 heterocycles. The van der Waals surface area contributed by atoms with E-state index >= 15 is 0 Å². The summed E-state index contributed by atoms with van der Waals surface area (Å²) < 4.78 is 6.87. The molecule has 1 saturated heterocycles. The zero-order chi connectivity index (χ0) is 24.4. The number of piperazine rings is 1. The fraction of sp³-hybridized carbons (Fsp3) is 0.261. The van der Waals surface area contributed by atoms with Gasteiger partial charge in [-0.15, -0.1) is 5.10 Å². The van der Waals surface area contributed by atoms with Gasteiger partial charge in [0.2, 0.25) is 5.91 Å². The minimum atomic E-state index is -0.454. The SMILES string of the molecule is COc1ccc(-n2nnc3c(N4CCN(C(=O)Cc5ccc([N+](=O)[O-])cc5)CC4)ncnc32)cc1. The third-order valence-corrected chi connectivity index (χ3v) is 5.97. The van der Waals surface area contributed by atoms with Crippen molar-refractivity contribution in [3.63, 3.8) is 0 Å². The van der Waals surface area contributed by atoms with Gasteiger partial charge in [-0.2, -0.15) is 4.68 Å². The molecule has 0 atom stereocenters. The largest absolute Gasteiger partial charge is 0.497 e. The average Bonchev–Trinajstić information content (AvgIpc) is 3.33. The molecule has 12 heteroatoms. The number of nitro benzene ring substituents is 1. The van der Waals surface area contributed by atoms with E-state index in [1.807, 2.05) is 24.3 Å². The first kappa shape index (κ1) is 22.2. The number of methoxy groups -OCH3 is 1. The fourth-order valence-corrected chi connectivity index (χ4v) is 4.06. The van der Waals surface area contributed by atoms with Crippen molar-refractivity contribution in [2.45, 2.75) is 6.42 Å². The Kier molecular flexibility index (Phi) is 5.92. The quantitative estimate of drug-likeness (QED) is 0.304. The van der Waals surface area contributed by atoms with Gasteiger partial charge in [0, 0.05) is 38.3 Å². The summed E-state index contributed by atoms with van der Waals surface area (Å²) >= 11 is 0. The van der Waals surface area contributed by atoms with Gasteiger partial charge in [-0.25, -0.2) is 9.97 Å². The number of hydrogen-bond donors (Lipinski definition) is 0. The van der Waals surface area contributed by atoms with Crippen molar-refractivity contribution in [1.29, 1.82) is 0 Å². The molecule has 2 aromatic heterocycles. The lowest BCUT2D eigenvalue weighted by atomic mass is 10.1. The molecule has 0 unspecified atom stereocenters. The summed E-state index contributed by atoms with van der Waals surface area (Å²) in [6, 6.07) is 13.5. The molecule has 1 fully saturated rings. The third-order valence-electron chi connectivity index (χ3n) is 5.97. The maximum Gasteiger partial charge on any atom is 0.269 e. The molecule has 0 bridgehead atoms. The number of carbonyl (C=O) groups is 1. The molecule has 2 aromatic carbocycles. The molecule has 1 amide bonds. The lowest BCUT2D eigenvalue weighted by Crippen LogP contribution is -2.49. The lowest BCUT2D eigenvalue weighted by molar-refractivity contribution is -0.384. The van der Waals surface area contributed by atoms with Crippen LogP contribution in [0.3, 0.4) is 0 Å². The maximum absolute atomic E-state index is 12.8. The molecule has 0 saturated carbocycles. The number of carbonyl (C=O) groups excluding carboxylic acids is 1. The van der Waals surface area contributed by atoms with Crippen molar-refractivity contribution in [2.24, 2.45) is 0 Å². The summed E-state index contributed by atoms with van der Waals surface area (Å²) in [7, 11) is 1.61. The number of amides is 1. The highest BCUT2D eigenvalue weighted by Gasteiger charge is 2.25. The minimum absolute atomic E-state index is 0.00917. The van der Waals surface area contributed by atoms with Gasteiger partial charge in [0.1, 0.15) is 12.1 Å². The Balaban J connectivity index is 1.27. The second-order valence-electron chi connectivity index (χ2n) is 8.04. The number of nitro groups is 1. The van der Waals surface area contributed by atoms with E-state index in [2.05, 4.69) is 25.2 Å². The van der Waals surface area contributed by atoms with Gasteiger partial charge in [-0.3, -0.25) is 14.9 Å². The predicted molar refractivity (Wildman–Crippen MR) is 127 cm³/mol. The van der Waals surface area contributed by atoms with Crippen molar-refractivity contribution in [2.75, 3.05) is 38.2 Å². The van der Waals surface area contributed by atoms with Crippen molar-refractivity contribution in [3.05, 3.63) is 70.5 Å². The number of hydrogen-bond acceptors (Lipinski definition) is 9.